The van der Waals surface area contributed by atoms with Gasteiger partial charge in [-0.1, -0.05) is 123 Å². The molecule has 0 amide bonds. The van der Waals surface area contributed by atoms with Gasteiger partial charge in [-0.25, -0.2) is 4.79 Å². The summed E-state index contributed by atoms with van der Waals surface area (Å²) in [5.74, 6) is -1.91. The van der Waals surface area contributed by atoms with E-state index in [0.717, 1.165) is 96.3 Å². The second-order valence-electron chi connectivity index (χ2n) is 15.2. The first-order valence-corrected chi connectivity index (χ1v) is 21.7. The number of carboxylic acid groups (broad SMARTS) is 1. The van der Waals surface area contributed by atoms with Crippen LogP contribution in [0, 0.1) is 5.92 Å². The Morgan fingerprint density at radius 2 is 0.945 bits per heavy atom. The summed E-state index contributed by atoms with van der Waals surface area (Å²) in [6, 6.07) is 0. The van der Waals surface area contributed by atoms with Crippen molar-refractivity contribution < 1.29 is 52.8 Å². The third kappa shape index (κ3) is 37.8. The van der Waals surface area contributed by atoms with Crippen molar-refractivity contribution in [1.82, 2.24) is 4.90 Å². The number of hydrogen-bond donors (Lipinski definition) is 1. The maximum Gasteiger partial charge on any atom is 0.508 e. The number of ether oxygens (including phenoxy) is 5. The molecule has 0 radical (unpaired) electrons. The van der Waals surface area contributed by atoms with Crippen LogP contribution in [0.25, 0.3) is 0 Å². The maximum absolute atomic E-state index is 12.3. The molecule has 0 rings (SSSR count). The molecule has 0 fully saturated rings. The predicted molar refractivity (Wildman–Crippen MR) is 215 cm³/mol. The lowest BCUT2D eigenvalue weighted by Crippen LogP contribution is -2.25. The zero-order valence-electron chi connectivity index (χ0n) is 35.3. The van der Waals surface area contributed by atoms with Crippen molar-refractivity contribution in [1.29, 1.82) is 0 Å². The summed E-state index contributed by atoms with van der Waals surface area (Å²) in [5.41, 5.74) is 0. The van der Waals surface area contributed by atoms with Gasteiger partial charge in [-0.15, -0.1) is 0 Å². The Balaban J connectivity index is 4.39. The topological polar surface area (TPSA) is 155 Å². The summed E-state index contributed by atoms with van der Waals surface area (Å²) < 4.78 is 27.0. The van der Waals surface area contributed by atoms with Crippen LogP contribution in [0.15, 0.2) is 0 Å². The Hall–Kier alpha value is -2.89. The van der Waals surface area contributed by atoms with Crippen molar-refractivity contribution >= 4 is 30.0 Å². The molecule has 0 spiro atoms. The molecule has 0 aromatic carbocycles. The van der Waals surface area contributed by atoms with Crippen LogP contribution in [-0.2, 0) is 42.9 Å². The summed E-state index contributed by atoms with van der Waals surface area (Å²) in [6.07, 6.45) is 22.8. The molecule has 0 bridgehead atoms. The maximum atomic E-state index is 12.3. The van der Waals surface area contributed by atoms with Gasteiger partial charge in [0.05, 0.1) is 32.7 Å². The van der Waals surface area contributed by atoms with Crippen LogP contribution >= 0.6 is 0 Å². The predicted octanol–water partition coefficient (Wildman–Crippen LogP) is 9.97. The molecule has 0 aromatic heterocycles. The Morgan fingerprint density at radius 1 is 0.491 bits per heavy atom. The van der Waals surface area contributed by atoms with Crippen molar-refractivity contribution in [2.75, 3.05) is 47.1 Å². The average Bonchev–Trinajstić information content (AvgIpc) is 3.14. The van der Waals surface area contributed by atoms with Gasteiger partial charge < -0.3 is 33.7 Å². The first-order valence-electron chi connectivity index (χ1n) is 21.7. The van der Waals surface area contributed by atoms with Gasteiger partial charge >= 0.3 is 30.0 Å². The van der Waals surface area contributed by atoms with Gasteiger partial charge in [-0.2, -0.15) is 0 Å². The number of carboxylic acids is 1. The highest BCUT2D eigenvalue weighted by Crippen LogP contribution is 2.18. The first-order chi connectivity index (χ1) is 26.6. The van der Waals surface area contributed by atoms with Crippen molar-refractivity contribution in [3.05, 3.63) is 0 Å². The molecular formula is C43H79NO11. The molecule has 322 valence electrons. The lowest BCUT2D eigenvalue weighted by Gasteiger charge is -2.18. The van der Waals surface area contributed by atoms with E-state index in [-0.39, 0.29) is 43.9 Å². The Kier molecular flexibility index (Phi) is 36.0. The molecule has 0 aliphatic carbocycles. The second-order valence-corrected chi connectivity index (χ2v) is 15.2. The number of esters is 3. The molecule has 0 heterocycles. The fourth-order valence-electron chi connectivity index (χ4n) is 6.07. The van der Waals surface area contributed by atoms with Crippen LogP contribution in [0.4, 0.5) is 4.79 Å². The third-order valence-electron chi connectivity index (χ3n) is 9.58. The summed E-state index contributed by atoms with van der Waals surface area (Å²) in [6.45, 7) is 5.83. The highest BCUT2D eigenvalue weighted by molar-refractivity contribution is 5.76. The average molecular weight is 786 g/mol. The number of likely N-dealkylation sites (N-methyl/N-ethyl adjacent to an activating group) is 1. The zero-order chi connectivity index (χ0) is 40.8. The van der Waals surface area contributed by atoms with E-state index in [1.165, 1.54) is 38.5 Å². The first kappa shape index (κ1) is 52.1. The lowest BCUT2D eigenvalue weighted by molar-refractivity contribution is -0.149. The van der Waals surface area contributed by atoms with E-state index in [4.69, 9.17) is 28.8 Å². The molecule has 12 nitrogen and oxygen atoms in total. The van der Waals surface area contributed by atoms with Crippen LogP contribution < -0.4 is 0 Å². The van der Waals surface area contributed by atoms with Gasteiger partial charge in [0, 0.05) is 31.7 Å². The number of hydrogen-bond acceptors (Lipinski definition) is 11. The van der Waals surface area contributed by atoms with Crippen molar-refractivity contribution in [2.45, 2.75) is 193 Å². The van der Waals surface area contributed by atoms with E-state index < -0.39 is 24.2 Å². The summed E-state index contributed by atoms with van der Waals surface area (Å²) >= 11 is 0. The minimum Gasteiger partial charge on any atom is -0.481 e. The number of rotatable bonds is 39. The fraction of sp³-hybridized carbons (Fsp3) is 0.884. The van der Waals surface area contributed by atoms with Crippen LogP contribution in [0.3, 0.4) is 0 Å². The van der Waals surface area contributed by atoms with Gasteiger partial charge in [0.15, 0.2) is 0 Å². The summed E-state index contributed by atoms with van der Waals surface area (Å²) in [5, 5.41) is 8.74. The van der Waals surface area contributed by atoms with Gasteiger partial charge in [-0.05, 0) is 46.2 Å². The monoisotopic (exact) mass is 786 g/mol. The van der Waals surface area contributed by atoms with Gasteiger partial charge in [0.2, 0.25) is 0 Å². The van der Waals surface area contributed by atoms with E-state index in [9.17, 15) is 24.0 Å². The van der Waals surface area contributed by atoms with E-state index in [1.54, 1.807) is 0 Å². The molecule has 0 aliphatic rings. The lowest BCUT2D eigenvalue weighted by atomic mass is 10.0. The number of carbonyl (C=O) groups excluding carboxylic acids is 4. The summed E-state index contributed by atoms with van der Waals surface area (Å²) in [7, 11) is 3.77. The standard InChI is InChI=1S/C43H79NO11/c1-5-7-9-17-23-27-40(47)53-35-37(36-54-41(48)28-24-18-10-8-6-2)25-21-19-15-13-11-12-14-16-20-22-26-38(55-43(50)52-34-32-44(3)4)31-33-51-42(49)30-29-39(45)46/h37-38H,5-36H2,1-4H3,(H,45,46). The molecule has 0 aliphatic heterocycles. The second kappa shape index (κ2) is 38.0. The van der Waals surface area contributed by atoms with E-state index in [0.29, 0.717) is 45.4 Å². The molecular weight excluding hydrogens is 706 g/mol. The summed E-state index contributed by atoms with van der Waals surface area (Å²) in [4.78, 5) is 61.2. The molecule has 0 aromatic rings. The van der Waals surface area contributed by atoms with E-state index in [2.05, 4.69) is 13.8 Å². The van der Waals surface area contributed by atoms with Crippen LogP contribution in [0.2, 0.25) is 0 Å². The largest absolute Gasteiger partial charge is 0.508 e. The molecule has 55 heavy (non-hydrogen) atoms. The van der Waals surface area contributed by atoms with Crippen LogP contribution in [0.5, 0.6) is 0 Å². The third-order valence-corrected chi connectivity index (χ3v) is 9.58. The van der Waals surface area contributed by atoms with Crippen molar-refractivity contribution in [2.24, 2.45) is 5.92 Å². The Bertz CT molecular complexity index is 944. The smallest absolute Gasteiger partial charge is 0.481 e. The number of nitrogens with zero attached hydrogens (tertiary/aromatic N) is 1. The van der Waals surface area contributed by atoms with Crippen molar-refractivity contribution in [3.63, 3.8) is 0 Å². The minimum absolute atomic E-state index is 0.0330. The molecule has 0 saturated carbocycles. The quantitative estimate of drug-likeness (QED) is 0.0358. The Morgan fingerprint density at radius 3 is 1.44 bits per heavy atom. The number of aliphatic carboxylic acids is 1. The molecule has 0 saturated heterocycles. The molecule has 1 unspecified atom stereocenters. The normalized spacial score (nSPS) is 11.7. The molecule has 1 N–H and O–H groups in total. The van der Waals surface area contributed by atoms with Gasteiger partial charge in [-0.3, -0.25) is 19.2 Å². The number of unbranched alkanes of at least 4 members (excludes halogenated alkanes) is 17. The van der Waals surface area contributed by atoms with Crippen LogP contribution in [-0.4, -0.2) is 93.2 Å². The fourth-order valence-corrected chi connectivity index (χ4v) is 6.07. The molecule has 12 heteroatoms. The highest BCUT2D eigenvalue weighted by Gasteiger charge is 2.18. The van der Waals surface area contributed by atoms with E-state index in [1.807, 2.05) is 19.0 Å². The van der Waals surface area contributed by atoms with Crippen molar-refractivity contribution in [3.8, 4) is 0 Å². The SMILES string of the molecule is CCCCCCCC(=O)OCC(CCCCCCCCCCCCC(CCOC(=O)CCC(=O)O)OC(=O)OCCN(C)C)COC(=O)CCCCCCC. The van der Waals surface area contributed by atoms with Gasteiger partial charge in [0.25, 0.3) is 0 Å². The Labute approximate surface area is 333 Å². The zero-order valence-corrected chi connectivity index (χ0v) is 35.3. The van der Waals surface area contributed by atoms with Gasteiger partial charge in [0.1, 0.15) is 12.7 Å². The highest BCUT2D eigenvalue weighted by atomic mass is 16.7. The van der Waals surface area contributed by atoms with Crippen LogP contribution in [0.1, 0.15) is 187 Å². The number of carbonyl (C=O) groups is 5. The minimum atomic E-state index is -1.06. The van der Waals surface area contributed by atoms with E-state index >= 15 is 0 Å². The molecule has 1 atom stereocenters.